The van der Waals surface area contributed by atoms with E-state index in [9.17, 15) is 4.79 Å². The molecule has 0 aliphatic carbocycles. The van der Waals surface area contributed by atoms with Gasteiger partial charge in [-0.3, -0.25) is 10.7 Å². The standard InChI is InChI=1S/C14H22N4O/c1-9(2)8-16-13(15)18-14(19)17-12-10(3)6-5-7-11(12)4/h5-7,9H,8H2,1-4H3,(H4,15,16,17,18,19). The van der Waals surface area contributed by atoms with Gasteiger partial charge in [0, 0.05) is 12.2 Å². The van der Waals surface area contributed by atoms with Crippen LogP contribution in [0.2, 0.25) is 0 Å². The summed E-state index contributed by atoms with van der Waals surface area (Å²) in [5.74, 6) is 0.432. The van der Waals surface area contributed by atoms with Crippen molar-refractivity contribution >= 4 is 17.7 Å². The van der Waals surface area contributed by atoms with Crippen LogP contribution in [-0.2, 0) is 0 Å². The molecule has 0 heterocycles. The van der Waals surface area contributed by atoms with Crippen molar-refractivity contribution < 1.29 is 4.79 Å². The van der Waals surface area contributed by atoms with Crippen molar-refractivity contribution in [1.82, 2.24) is 10.6 Å². The van der Waals surface area contributed by atoms with Gasteiger partial charge in [0.05, 0.1) is 0 Å². The molecule has 4 N–H and O–H groups in total. The molecule has 1 aromatic carbocycles. The number of para-hydroxylation sites is 1. The number of nitrogens with one attached hydrogen (secondary N) is 4. The van der Waals surface area contributed by atoms with Crippen molar-refractivity contribution in [3.8, 4) is 0 Å². The number of rotatable bonds is 3. The van der Waals surface area contributed by atoms with Crippen LogP contribution in [0.5, 0.6) is 0 Å². The van der Waals surface area contributed by atoms with Crippen LogP contribution in [0.4, 0.5) is 10.5 Å². The molecule has 5 nitrogen and oxygen atoms in total. The van der Waals surface area contributed by atoms with Crippen LogP contribution in [0.15, 0.2) is 18.2 Å². The summed E-state index contributed by atoms with van der Waals surface area (Å²) in [7, 11) is 0. The first kappa shape index (κ1) is 15.0. The van der Waals surface area contributed by atoms with Gasteiger partial charge in [0.15, 0.2) is 5.96 Å². The fourth-order valence-electron chi connectivity index (χ4n) is 1.62. The molecule has 2 amide bonds. The molecule has 0 aliphatic heterocycles. The van der Waals surface area contributed by atoms with Crippen molar-refractivity contribution in [2.24, 2.45) is 5.92 Å². The summed E-state index contributed by atoms with van der Waals surface area (Å²) in [6, 6.07) is 5.41. The van der Waals surface area contributed by atoms with E-state index in [1.165, 1.54) is 0 Å². The van der Waals surface area contributed by atoms with Gasteiger partial charge in [0.1, 0.15) is 0 Å². The highest BCUT2D eigenvalue weighted by Gasteiger charge is 2.08. The first-order valence-electron chi connectivity index (χ1n) is 6.36. The van der Waals surface area contributed by atoms with E-state index >= 15 is 0 Å². The van der Waals surface area contributed by atoms with Crippen molar-refractivity contribution in [2.75, 3.05) is 11.9 Å². The number of guanidine groups is 1. The van der Waals surface area contributed by atoms with Crippen LogP contribution >= 0.6 is 0 Å². The number of carbonyl (C=O) groups is 1. The van der Waals surface area contributed by atoms with Crippen molar-refractivity contribution in [2.45, 2.75) is 27.7 Å². The number of carbonyl (C=O) groups excluding carboxylic acids is 1. The van der Waals surface area contributed by atoms with E-state index in [1.807, 2.05) is 45.9 Å². The van der Waals surface area contributed by atoms with Crippen molar-refractivity contribution in [3.05, 3.63) is 29.3 Å². The van der Waals surface area contributed by atoms with E-state index in [0.717, 1.165) is 16.8 Å². The zero-order valence-corrected chi connectivity index (χ0v) is 11.9. The van der Waals surface area contributed by atoms with Gasteiger partial charge in [-0.15, -0.1) is 0 Å². The number of hydrogen-bond acceptors (Lipinski definition) is 2. The van der Waals surface area contributed by atoms with Gasteiger partial charge in [-0.2, -0.15) is 0 Å². The first-order chi connectivity index (χ1) is 8.90. The predicted octanol–water partition coefficient (Wildman–Crippen LogP) is 2.61. The van der Waals surface area contributed by atoms with Crippen LogP contribution in [0.3, 0.4) is 0 Å². The second-order valence-electron chi connectivity index (χ2n) is 5.00. The van der Waals surface area contributed by atoms with Crippen LogP contribution in [-0.4, -0.2) is 18.5 Å². The van der Waals surface area contributed by atoms with E-state index in [-0.39, 0.29) is 5.96 Å². The zero-order valence-electron chi connectivity index (χ0n) is 11.9. The minimum absolute atomic E-state index is 0.0115. The van der Waals surface area contributed by atoms with Crippen LogP contribution in [0.1, 0.15) is 25.0 Å². The van der Waals surface area contributed by atoms with E-state index in [1.54, 1.807) is 0 Å². The molecule has 19 heavy (non-hydrogen) atoms. The van der Waals surface area contributed by atoms with Gasteiger partial charge in [-0.05, 0) is 30.9 Å². The fourth-order valence-corrected chi connectivity index (χ4v) is 1.62. The topological polar surface area (TPSA) is 77.0 Å². The number of amides is 2. The predicted molar refractivity (Wildman–Crippen MR) is 78.6 cm³/mol. The molecule has 0 fully saturated rings. The maximum atomic E-state index is 11.8. The minimum atomic E-state index is -0.404. The summed E-state index contributed by atoms with van der Waals surface area (Å²) in [4.78, 5) is 11.8. The fraction of sp³-hybridized carbons (Fsp3) is 0.429. The Kier molecular flexibility index (Phi) is 5.36. The van der Waals surface area contributed by atoms with Crippen LogP contribution in [0.25, 0.3) is 0 Å². The molecule has 0 spiro atoms. The molecule has 0 bridgehead atoms. The summed E-state index contributed by atoms with van der Waals surface area (Å²) in [6.07, 6.45) is 0. The average molecular weight is 262 g/mol. The lowest BCUT2D eigenvalue weighted by Crippen LogP contribution is -2.43. The van der Waals surface area contributed by atoms with Crippen LogP contribution < -0.4 is 16.0 Å². The highest BCUT2D eigenvalue weighted by Crippen LogP contribution is 2.18. The molecule has 0 aromatic heterocycles. The Bertz CT molecular complexity index is 448. The second kappa shape index (κ2) is 6.78. The summed E-state index contributed by atoms with van der Waals surface area (Å²) >= 11 is 0. The minimum Gasteiger partial charge on any atom is -0.356 e. The lowest BCUT2D eigenvalue weighted by Gasteiger charge is -2.14. The molecular weight excluding hydrogens is 240 g/mol. The maximum absolute atomic E-state index is 11.8. The normalized spacial score (nSPS) is 10.2. The Morgan fingerprint density at radius 1 is 1.26 bits per heavy atom. The number of urea groups is 1. The lowest BCUT2D eigenvalue weighted by molar-refractivity contribution is 0.255. The number of aryl methyl sites for hydroxylation is 2. The number of anilines is 1. The van der Waals surface area contributed by atoms with E-state index < -0.39 is 6.03 Å². The molecule has 0 aliphatic rings. The SMILES string of the molecule is Cc1cccc(C)c1NC(=O)NC(=N)NCC(C)C. The maximum Gasteiger partial charge on any atom is 0.326 e. The third-order valence-corrected chi connectivity index (χ3v) is 2.65. The highest BCUT2D eigenvalue weighted by atomic mass is 16.2. The van der Waals surface area contributed by atoms with Crippen molar-refractivity contribution in [3.63, 3.8) is 0 Å². The number of benzene rings is 1. The zero-order chi connectivity index (χ0) is 14.4. The molecule has 104 valence electrons. The second-order valence-corrected chi connectivity index (χ2v) is 5.00. The molecule has 1 aromatic rings. The molecule has 1 rings (SSSR count). The van der Waals surface area contributed by atoms with Gasteiger partial charge < -0.3 is 10.6 Å². The Morgan fingerprint density at radius 2 is 1.84 bits per heavy atom. The third kappa shape index (κ3) is 4.99. The molecule has 0 unspecified atom stereocenters. The van der Waals surface area contributed by atoms with E-state index in [0.29, 0.717) is 12.5 Å². The summed E-state index contributed by atoms with van der Waals surface area (Å²) in [5.41, 5.74) is 2.78. The monoisotopic (exact) mass is 262 g/mol. The molecule has 0 saturated carbocycles. The van der Waals surface area contributed by atoms with Gasteiger partial charge in [0.25, 0.3) is 0 Å². The quantitative estimate of drug-likeness (QED) is 0.499. The highest BCUT2D eigenvalue weighted by molar-refractivity contribution is 6.02. The Morgan fingerprint density at radius 3 is 2.37 bits per heavy atom. The number of hydrogen-bond donors (Lipinski definition) is 4. The first-order valence-corrected chi connectivity index (χ1v) is 6.36. The third-order valence-electron chi connectivity index (χ3n) is 2.65. The molecule has 5 heteroatoms. The summed E-state index contributed by atoms with van der Waals surface area (Å²) < 4.78 is 0. The molecule has 0 atom stereocenters. The van der Waals surface area contributed by atoms with Gasteiger partial charge >= 0.3 is 6.03 Å². The van der Waals surface area contributed by atoms with Crippen molar-refractivity contribution in [1.29, 1.82) is 5.41 Å². The van der Waals surface area contributed by atoms with Crippen LogP contribution in [0, 0.1) is 25.2 Å². The summed E-state index contributed by atoms with van der Waals surface area (Å²) in [5, 5.41) is 15.7. The molecule has 0 saturated heterocycles. The van der Waals surface area contributed by atoms with Gasteiger partial charge in [0.2, 0.25) is 0 Å². The van der Waals surface area contributed by atoms with E-state index in [4.69, 9.17) is 5.41 Å². The largest absolute Gasteiger partial charge is 0.356 e. The Balaban J connectivity index is 2.54. The Hall–Kier alpha value is -2.04. The summed E-state index contributed by atoms with van der Waals surface area (Å²) in [6.45, 7) is 8.60. The van der Waals surface area contributed by atoms with Gasteiger partial charge in [-0.25, -0.2) is 4.79 Å². The Labute approximate surface area is 114 Å². The lowest BCUT2D eigenvalue weighted by atomic mass is 10.1. The van der Waals surface area contributed by atoms with Gasteiger partial charge in [-0.1, -0.05) is 32.0 Å². The molecule has 0 radical (unpaired) electrons. The smallest absolute Gasteiger partial charge is 0.326 e. The van der Waals surface area contributed by atoms with E-state index in [2.05, 4.69) is 16.0 Å². The average Bonchev–Trinajstić information content (AvgIpc) is 2.31. The molecular formula is C14H22N4O.